The molecule has 2 N–H and O–H groups in total. The van der Waals surface area contributed by atoms with Crippen LogP contribution in [0.4, 0.5) is 0 Å². The van der Waals surface area contributed by atoms with Crippen LogP contribution < -0.4 is 0 Å². The van der Waals surface area contributed by atoms with E-state index < -0.39 is 35.6 Å². The number of carbonyl (C=O) groups excluding carboxylic acids is 2. The number of epoxide rings is 1. The van der Waals surface area contributed by atoms with Gasteiger partial charge in [-0.15, -0.1) is 0 Å². The molecule has 3 rings (SSSR count). The number of imidazole rings is 1. The zero-order valence-corrected chi connectivity index (χ0v) is 25.2. The molecule has 0 bridgehead atoms. The maximum Gasteiger partial charge on any atom is 0.309 e. The van der Waals surface area contributed by atoms with Crippen molar-refractivity contribution in [2.75, 3.05) is 6.26 Å². The van der Waals surface area contributed by atoms with Crippen LogP contribution in [0.15, 0.2) is 10.7 Å². The van der Waals surface area contributed by atoms with Gasteiger partial charge in [0, 0.05) is 25.1 Å². The molecule has 0 aromatic carbocycles. The van der Waals surface area contributed by atoms with Crippen molar-refractivity contribution in [2.45, 2.75) is 116 Å². The summed E-state index contributed by atoms with van der Waals surface area (Å²) >= 11 is 1.57. The van der Waals surface area contributed by atoms with Crippen molar-refractivity contribution in [3.05, 3.63) is 17.0 Å². The monoisotopic (exact) mass is 550 g/mol. The Hall–Kier alpha value is -1.68. The van der Waals surface area contributed by atoms with E-state index in [-0.39, 0.29) is 29.8 Å². The molecule has 0 radical (unpaired) electrons. The summed E-state index contributed by atoms with van der Waals surface area (Å²) in [4.78, 5) is 31.1. The number of rotatable bonds is 3. The molecular formula is C29H46N2O6S. The largest absolute Gasteiger partial charge is 0.458 e. The maximum atomic E-state index is 13.3. The van der Waals surface area contributed by atoms with Crippen LogP contribution in [0.5, 0.6) is 0 Å². The summed E-state index contributed by atoms with van der Waals surface area (Å²) in [6, 6.07) is 0. The fraction of sp³-hybridized carbons (Fsp3) is 0.759. The number of aromatic nitrogens is 2. The second-order valence-electron chi connectivity index (χ2n) is 12.1. The Morgan fingerprint density at radius 3 is 2.47 bits per heavy atom. The van der Waals surface area contributed by atoms with Gasteiger partial charge in [-0.05, 0) is 57.4 Å². The number of hydrogen-bond acceptors (Lipinski definition) is 8. The van der Waals surface area contributed by atoms with E-state index in [1.165, 1.54) is 0 Å². The van der Waals surface area contributed by atoms with E-state index in [9.17, 15) is 19.8 Å². The number of Topliss-reactive ketones (excluding diaryl/α,β-unsaturated/α-hetero) is 1. The first-order valence-corrected chi connectivity index (χ1v) is 14.9. The molecule has 1 aromatic heterocycles. The molecule has 0 saturated carbocycles. The molecule has 0 amide bonds. The lowest BCUT2D eigenvalue weighted by Crippen LogP contribution is -2.45. The average Bonchev–Trinajstić information content (AvgIpc) is 3.41. The Labute approximate surface area is 231 Å². The molecule has 3 heterocycles. The van der Waals surface area contributed by atoms with E-state index in [0.717, 1.165) is 41.4 Å². The van der Waals surface area contributed by atoms with Crippen LogP contribution in [0.2, 0.25) is 0 Å². The Morgan fingerprint density at radius 2 is 1.87 bits per heavy atom. The van der Waals surface area contributed by atoms with Crippen molar-refractivity contribution in [1.82, 2.24) is 9.55 Å². The second kappa shape index (κ2) is 11.8. The lowest BCUT2D eigenvalue weighted by molar-refractivity contribution is -0.154. The molecule has 2 fully saturated rings. The van der Waals surface area contributed by atoms with Crippen molar-refractivity contribution in [2.24, 2.45) is 24.3 Å². The molecule has 38 heavy (non-hydrogen) atoms. The number of hydrogen-bond donors (Lipinski definition) is 2. The number of aliphatic hydroxyl groups excluding tert-OH is 2. The van der Waals surface area contributed by atoms with Gasteiger partial charge in [-0.2, -0.15) is 0 Å². The third-order valence-electron chi connectivity index (χ3n) is 8.84. The van der Waals surface area contributed by atoms with Gasteiger partial charge in [-0.3, -0.25) is 9.59 Å². The zero-order chi connectivity index (χ0) is 28.6. The minimum absolute atomic E-state index is 0.0646. The summed E-state index contributed by atoms with van der Waals surface area (Å²) in [5, 5.41) is 22.7. The number of nitrogens with zero attached hydrogens (tertiary/aromatic N) is 2. The van der Waals surface area contributed by atoms with Gasteiger partial charge in [-0.1, -0.05) is 45.9 Å². The lowest BCUT2D eigenvalue weighted by Gasteiger charge is -2.34. The lowest BCUT2D eigenvalue weighted by atomic mass is 9.73. The standard InChI is InChI=1S/C29H46N2O6S/c1-16-11-10-12-29(7)23(37-29)14-21(17(2)13-20-19(4)31(8)27(30-20)38-9)36-24(33)15-22(32)28(5,6)26(35)18(3)25(16)34/h13,16,18,21-23,25,32,34H,10-12,14-15H2,1-9H3/b17-13+/t16-,18+,21-,22-,23-,25-,29+/m0/s1. The van der Waals surface area contributed by atoms with Gasteiger partial charge >= 0.3 is 5.97 Å². The van der Waals surface area contributed by atoms with E-state index in [1.807, 2.05) is 44.7 Å². The predicted octanol–water partition coefficient (Wildman–Crippen LogP) is 4.48. The fourth-order valence-electron chi connectivity index (χ4n) is 5.50. The van der Waals surface area contributed by atoms with Gasteiger partial charge in [0.2, 0.25) is 0 Å². The summed E-state index contributed by atoms with van der Waals surface area (Å²) in [5.74, 6) is -1.57. The van der Waals surface area contributed by atoms with E-state index in [1.54, 1.807) is 32.5 Å². The molecule has 0 aliphatic carbocycles. The van der Waals surface area contributed by atoms with Gasteiger partial charge in [0.15, 0.2) is 5.16 Å². The maximum absolute atomic E-state index is 13.3. The fourth-order valence-corrected chi connectivity index (χ4v) is 6.10. The van der Waals surface area contributed by atoms with Crippen LogP contribution >= 0.6 is 11.8 Å². The Morgan fingerprint density at radius 1 is 1.21 bits per heavy atom. The van der Waals surface area contributed by atoms with Crippen LogP contribution in [0.3, 0.4) is 0 Å². The topological polar surface area (TPSA) is 114 Å². The molecule has 2 aliphatic heterocycles. The summed E-state index contributed by atoms with van der Waals surface area (Å²) in [7, 11) is 1.97. The number of ether oxygens (including phenoxy) is 2. The molecule has 8 nitrogen and oxygen atoms in total. The Balaban J connectivity index is 1.90. The molecule has 0 unspecified atom stereocenters. The second-order valence-corrected chi connectivity index (χ2v) is 12.9. The van der Waals surface area contributed by atoms with Crippen LogP contribution in [0.25, 0.3) is 6.08 Å². The van der Waals surface area contributed by atoms with Crippen LogP contribution in [-0.2, 0) is 26.1 Å². The van der Waals surface area contributed by atoms with Crippen LogP contribution in [0.1, 0.15) is 85.0 Å². The van der Waals surface area contributed by atoms with E-state index >= 15 is 0 Å². The smallest absolute Gasteiger partial charge is 0.309 e. The first-order valence-electron chi connectivity index (χ1n) is 13.7. The number of fused-ring (bicyclic) bond motifs is 1. The van der Waals surface area contributed by atoms with Crippen molar-refractivity contribution < 1.29 is 29.3 Å². The number of carbonyl (C=O) groups is 2. The highest BCUT2D eigenvalue weighted by atomic mass is 32.2. The number of ketones is 1. The van der Waals surface area contributed by atoms with Gasteiger partial charge in [0.25, 0.3) is 0 Å². The third kappa shape index (κ3) is 6.54. The minimum atomic E-state index is -1.24. The van der Waals surface area contributed by atoms with Crippen molar-refractivity contribution in [3.8, 4) is 0 Å². The van der Waals surface area contributed by atoms with Crippen LogP contribution in [-0.4, -0.2) is 67.8 Å². The normalized spacial score (nSPS) is 35.5. The van der Waals surface area contributed by atoms with Crippen molar-refractivity contribution in [1.29, 1.82) is 0 Å². The SMILES string of the molecule is CSc1nc(/C=C(\C)[C@@H]2C[C@@H]3O[C@]3(C)CCC[C@H](C)[C@H](O)[C@@H](C)C(=O)C(C)(C)[C@@H](O)CC(=O)O2)c(C)n1C. The predicted molar refractivity (Wildman–Crippen MR) is 149 cm³/mol. The van der Waals surface area contributed by atoms with Gasteiger partial charge < -0.3 is 24.3 Å². The van der Waals surface area contributed by atoms with Gasteiger partial charge in [0.1, 0.15) is 11.9 Å². The molecule has 2 aliphatic rings. The highest BCUT2D eigenvalue weighted by Gasteiger charge is 2.53. The Bertz CT molecular complexity index is 1070. The number of esters is 1. The van der Waals surface area contributed by atoms with Crippen molar-refractivity contribution in [3.63, 3.8) is 0 Å². The summed E-state index contributed by atoms with van der Waals surface area (Å²) in [6.07, 6.45) is 3.88. The Kier molecular flexibility index (Phi) is 9.60. The van der Waals surface area contributed by atoms with E-state index in [4.69, 9.17) is 14.5 Å². The van der Waals surface area contributed by atoms with Gasteiger partial charge in [0.05, 0.1) is 41.4 Å². The molecule has 7 atom stereocenters. The number of thioether (sulfide) groups is 1. The summed E-state index contributed by atoms with van der Waals surface area (Å²) < 4.78 is 14.1. The molecule has 1 aromatic rings. The molecular weight excluding hydrogens is 504 g/mol. The molecule has 0 spiro atoms. The average molecular weight is 551 g/mol. The van der Waals surface area contributed by atoms with E-state index in [2.05, 4.69) is 6.92 Å². The summed E-state index contributed by atoms with van der Waals surface area (Å²) in [5.41, 5.74) is 1.16. The number of cyclic esters (lactones) is 1. The summed E-state index contributed by atoms with van der Waals surface area (Å²) in [6.45, 7) is 12.9. The first-order chi connectivity index (χ1) is 17.6. The molecule has 9 heteroatoms. The quantitative estimate of drug-likeness (QED) is 0.322. The molecule has 2 saturated heterocycles. The van der Waals surface area contributed by atoms with Crippen molar-refractivity contribution >= 4 is 29.6 Å². The van der Waals surface area contributed by atoms with E-state index in [0.29, 0.717) is 6.42 Å². The third-order valence-corrected chi connectivity index (χ3v) is 9.57. The highest BCUT2D eigenvalue weighted by molar-refractivity contribution is 7.98. The van der Waals surface area contributed by atoms with Crippen LogP contribution in [0, 0.1) is 24.2 Å². The zero-order valence-electron chi connectivity index (χ0n) is 24.4. The minimum Gasteiger partial charge on any atom is -0.458 e. The highest BCUT2D eigenvalue weighted by Crippen LogP contribution is 2.45. The van der Waals surface area contributed by atoms with Gasteiger partial charge in [-0.25, -0.2) is 4.98 Å². The first kappa shape index (κ1) is 30.9. The number of aliphatic hydroxyl groups is 2. The molecule has 214 valence electrons.